The summed E-state index contributed by atoms with van der Waals surface area (Å²) in [7, 11) is 5.51. The summed E-state index contributed by atoms with van der Waals surface area (Å²) >= 11 is 0. The summed E-state index contributed by atoms with van der Waals surface area (Å²) in [6, 6.07) is 29.7. The monoisotopic (exact) mass is 1780 g/mol. The summed E-state index contributed by atoms with van der Waals surface area (Å²) in [5.74, 6) is -11.4. The third-order valence-electron chi connectivity index (χ3n) is 27.1. The number of Topliss-reactive ketones (excluding diaryl/α,β-unsaturated/α-hetero) is 2. The van der Waals surface area contributed by atoms with Crippen LogP contribution in [0.5, 0.6) is 0 Å². The topological polar surface area (TPSA) is 448 Å². The van der Waals surface area contributed by atoms with Gasteiger partial charge in [-0.2, -0.15) is 0 Å². The highest BCUT2D eigenvalue weighted by Gasteiger charge is 2.81. The molecule has 33 heteroatoms. The maximum Gasteiger partial charge on any atom is 0.408 e. The number of alkyl carbamates (subject to hydrolysis) is 2. The van der Waals surface area contributed by atoms with Gasteiger partial charge in [0.2, 0.25) is 6.10 Å². The molecule has 2 saturated heterocycles. The van der Waals surface area contributed by atoms with Gasteiger partial charge in [-0.25, -0.2) is 28.8 Å². The number of aliphatic hydroxyl groups is 3. The van der Waals surface area contributed by atoms with E-state index in [2.05, 4.69) is 10.6 Å². The molecule has 4 aromatic rings. The third kappa shape index (κ3) is 18.4. The molecule has 4 bridgehead atoms. The molecule has 6 fully saturated rings. The second-order valence-corrected chi connectivity index (χ2v) is 37.7. The highest BCUT2D eigenvalue weighted by atomic mass is 16.7. The minimum atomic E-state index is -2.32. The number of methoxy groups -OCH3 is 4. The van der Waals surface area contributed by atoms with Gasteiger partial charge in [-0.05, 0) is 133 Å². The zero-order valence-corrected chi connectivity index (χ0v) is 76.0. The second kappa shape index (κ2) is 37.6. The maximum atomic E-state index is 15.7. The van der Waals surface area contributed by atoms with Gasteiger partial charge in [0.15, 0.2) is 28.9 Å². The van der Waals surface area contributed by atoms with Gasteiger partial charge in [0.1, 0.15) is 77.3 Å². The Hall–Kier alpha value is -10.4. The lowest BCUT2D eigenvalue weighted by Gasteiger charge is -2.67. The Morgan fingerprint density at radius 3 is 1.20 bits per heavy atom. The first-order chi connectivity index (χ1) is 59.9. The van der Waals surface area contributed by atoms with E-state index in [1.807, 2.05) is 0 Å². The zero-order valence-electron chi connectivity index (χ0n) is 76.0. The van der Waals surface area contributed by atoms with Crippen molar-refractivity contribution in [2.75, 3.05) is 41.7 Å². The number of nitrogens with one attached hydrogen (secondary N) is 2. The highest BCUT2D eigenvalue weighted by molar-refractivity contribution is 5.96. The van der Waals surface area contributed by atoms with Gasteiger partial charge in [0, 0.05) is 91.6 Å². The molecule has 2 heterocycles. The molecule has 33 nitrogen and oxygen atoms in total. The summed E-state index contributed by atoms with van der Waals surface area (Å²) in [6.07, 6.45) is -20.1. The summed E-state index contributed by atoms with van der Waals surface area (Å²) in [5.41, 5.74) is -14.1. The van der Waals surface area contributed by atoms with E-state index in [-0.39, 0.29) is 72.3 Å². The molecule has 128 heavy (non-hydrogen) atoms. The second-order valence-electron chi connectivity index (χ2n) is 37.7. The number of rotatable bonds is 25. The average molecular weight is 1790 g/mol. The van der Waals surface area contributed by atoms with Crippen LogP contribution in [0.3, 0.4) is 0 Å². The Morgan fingerprint density at radius 1 is 0.500 bits per heavy atom. The third-order valence-corrected chi connectivity index (χ3v) is 27.1. The van der Waals surface area contributed by atoms with Crippen LogP contribution >= 0.6 is 0 Å². The Bertz CT molecular complexity index is 4910. The number of hydrogen-bond donors (Lipinski definition) is 6. The number of carboxylic acids is 1. The molecule has 6 aliphatic carbocycles. The summed E-state index contributed by atoms with van der Waals surface area (Å²) < 4.78 is 91.0. The molecule has 0 aromatic heterocycles. The Morgan fingerprint density at radius 2 is 0.859 bits per heavy atom. The van der Waals surface area contributed by atoms with Gasteiger partial charge in [-0.3, -0.25) is 28.8 Å². The molecular formula is C95H120N2O31. The molecule has 2 aliphatic heterocycles. The largest absolute Gasteiger partial charge is 0.481 e. The fourth-order valence-corrected chi connectivity index (χ4v) is 20.8. The van der Waals surface area contributed by atoms with Gasteiger partial charge < -0.3 is 102 Å². The lowest BCUT2D eigenvalue weighted by atomic mass is 9.44. The number of fused-ring (bicyclic) bond motifs is 10. The standard InChI is InChI=1S/C50H63NO17.C45H57NO14/c1-27-31(64-44(58)39(65-35(55)23-17-22-34(53)54)37(29-18-13-11-14-19-29)51-45(59)68-46(3,4)5)25-50(60)42(66-43(57)30-20-15-12-16-21-30)40-48(8,41(56)38(62-10)36(27)47(50,6)7)32(61-9)24-33-49(40,26-63-33)67-28(2)52;1-24-28(57-39(51)33(48)32(26-17-13-11-14-18-26)46-40(52)60-41(3,4)5)22-45(53)37(58-38(50)27-19-15-12-16-20-27)35-43(8,36(49)34(55-10)31(24)42(45,6)7)29(54-9)21-30-44(35,23-56-30)59-25(2)47/h11-16,18-21,31-33,37-40,42,60H,17,22-26H2,1-10H3,(H,51,59)(H,53,54);11-20,28-30,32-35,37,48,53H,21-23H2,1-10H3,(H,46,52)/t31-,32-,33+,37-,38+,39+,40-,42-,48+,49-,50+;28-,29-,30+,32-,33+,34+,35-,37-,43+,44-,45+/m00/s1. The van der Waals surface area contributed by atoms with E-state index in [0.29, 0.717) is 11.1 Å². The van der Waals surface area contributed by atoms with Gasteiger partial charge in [0.05, 0.1) is 65.3 Å². The fourth-order valence-electron chi connectivity index (χ4n) is 20.8. The van der Waals surface area contributed by atoms with Crippen LogP contribution < -0.4 is 10.6 Å². The number of benzene rings is 4. The minimum Gasteiger partial charge on any atom is -0.481 e. The van der Waals surface area contributed by atoms with Crippen molar-refractivity contribution < 1.29 is 149 Å². The lowest BCUT2D eigenvalue weighted by Crippen LogP contribution is -2.82. The number of esters is 7. The highest BCUT2D eigenvalue weighted by Crippen LogP contribution is 2.68. The number of amides is 2. The summed E-state index contributed by atoms with van der Waals surface area (Å²) in [5, 5.41) is 53.8. The summed E-state index contributed by atoms with van der Waals surface area (Å²) in [4.78, 5) is 167. The first-order valence-corrected chi connectivity index (χ1v) is 42.7. The van der Waals surface area contributed by atoms with Crippen LogP contribution in [-0.4, -0.2) is 240 Å². The molecule has 4 aromatic carbocycles. The fraction of sp³-hybridized carbons (Fsp3) is 0.579. The number of carbonyl (C=O) groups excluding carboxylic acids is 11. The summed E-state index contributed by atoms with van der Waals surface area (Å²) in [6.45, 7) is 25.1. The predicted molar refractivity (Wildman–Crippen MR) is 452 cm³/mol. The van der Waals surface area contributed by atoms with E-state index >= 15 is 14.4 Å². The van der Waals surface area contributed by atoms with Gasteiger partial charge in [-0.15, -0.1) is 0 Å². The van der Waals surface area contributed by atoms with E-state index in [1.165, 1.54) is 54.4 Å². The normalized spacial score (nSPS) is 31.6. The van der Waals surface area contributed by atoms with E-state index in [4.69, 9.17) is 71.1 Å². The molecule has 8 aliphatic rings. The predicted octanol–water partition coefficient (Wildman–Crippen LogP) is 9.94. The molecular weight excluding hydrogens is 1670 g/mol. The maximum absolute atomic E-state index is 15.7. The van der Waals surface area contributed by atoms with Crippen molar-refractivity contribution in [3.8, 4) is 0 Å². The van der Waals surface area contributed by atoms with Crippen molar-refractivity contribution >= 4 is 71.5 Å². The smallest absolute Gasteiger partial charge is 0.408 e. The number of ketones is 2. The number of carboxylic acid groups (broad SMARTS) is 1. The van der Waals surface area contributed by atoms with Crippen LogP contribution in [0.1, 0.15) is 200 Å². The number of aliphatic hydroxyl groups excluding tert-OH is 1. The minimum absolute atomic E-state index is 0.0781. The van der Waals surface area contributed by atoms with Crippen molar-refractivity contribution in [3.05, 3.63) is 166 Å². The number of ether oxygens (including phenoxy) is 15. The SMILES string of the molecule is CO[C@H]1C(=O)[C@]2(C)[C@@H](OC)C[C@H]3OC[C@@]3(OC(C)=O)[C@H]2[C@H](OC(=O)c2ccccc2)[C@]2(O)C[C@H](OC(=O)[C@H](O)[C@@H](NC(=O)OC(C)(C)C)c3ccccc3)C(C)=C1C2(C)C.CO[C@H]1C(=O)[C@]2(C)[C@@H](OC)C[C@H]3OC[C@@]3(OC(C)=O)[C@H]2[C@H](OC(=O)c2ccccc2)[C@]2(O)C[C@H](OC(=O)[C@H](OC(=O)CCCC(=O)O)[C@@H](NC(=O)OC(C)(C)C)c3ccccc3)C(C)=C1C2(C)C. The number of aliphatic carboxylic acids is 1. The molecule has 2 amide bonds. The average Bonchev–Trinajstić information content (AvgIpc) is 0.671. The Kier molecular flexibility index (Phi) is 28.9. The van der Waals surface area contributed by atoms with E-state index in [9.17, 15) is 63.6 Å². The van der Waals surface area contributed by atoms with Crippen molar-refractivity contribution in [2.45, 2.75) is 275 Å². The quantitative estimate of drug-likeness (QED) is 0.0204. The van der Waals surface area contributed by atoms with Crippen molar-refractivity contribution in [3.63, 3.8) is 0 Å². The van der Waals surface area contributed by atoms with E-state index in [0.717, 1.165) is 0 Å². The zero-order chi connectivity index (χ0) is 94.3. The van der Waals surface area contributed by atoms with Gasteiger partial charge in [0.25, 0.3) is 0 Å². The van der Waals surface area contributed by atoms with E-state index < -0.39 is 243 Å². The molecule has 22 atom stereocenters. The molecule has 6 N–H and O–H groups in total. The van der Waals surface area contributed by atoms with Crippen molar-refractivity contribution in [1.29, 1.82) is 0 Å². The molecule has 4 saturated carbocycles. The number of carbonyl (C=O) groups is 12. The molecule has 0 unspecified atom stereocenters. The Balaban J connectivity index is 0.000000250. The molecule has 0 radical (unpaired) electrons. The van der Waals surface area contributed by atoms with Crippen LogP contribution in [0.4, 0.5) is 9.59 Å². The Labute approximate surface area is 743 Å². The van der Waals surface area contributed by atoms with Crippen LogP contribution in [0.15, 0.2) is 144 Å². The van der Waals surface area contributed by atoms with Crippen molar-refractivity contribution in [2.24, 2.45) is 33.5 Å². The van der Waals surface area contributed by atoms with Crippen molar-refractivity contribution in [1.82, 2.24) is 10.6 Å². The molecule has 696 valence electrons. The molecule has 0 spiro atoms. The van der Waals surface area contributed by atoms with Gasteiger partial charge >= 0.3 is 59.9 Å². The first-order valence-electron chi connectivity index (χ1n) is 42.7. The first kappa shape index (κ1) is 98.2. The van der Waals surface area contributed by atoms with Crippen LogP contribution in [0.25, 0.3) is 0 Å². The lowest BCUT2D eigenvalue weighted by molar-refractivity contribution is -0.347. The van der Waals surface area contributed by atoms with Gasteiger partial charge in [-0.1, -0.05) is 125 Å². The van der Waals surface area contributed by atoms with Crippen LogP contribution in [0, 0.1) is 33.5 Å². The van der Waals surface area contributed by atoms with Crippen LogP contribution in [0.2, 0.25) is 0 Å². The van der Waals surface area contributed by atoms with E-state index in [1.54, 1.807) is 206 Å². The van der Waals surface area contributed by atoms with Crippen LogP contribution in [-0.2, 0) is 109 Å². The number of hydrogen-bond acceptors (Lipinski definition) is 30. The molecule has 12 rings (SSSR count).